The Bertz CT molecular complexity index is 1150. The molecule has 2 aliphatic heterocycles. The smallest absolute Gasteiger partial charge is 0.319 e. The van der Waals surface area contributed by atoms with E-state index in [0.29, 0.717) is 19.5 Å². The van der Waals surface area contributed by atoms with Crippen molar-refractivity contribution in [3.05, 3.63) is 95.6 Å². The Morgan fingerprint density at radius 3 is 2.05 bits per heavy atom. The lowest BCUT2D eigenvalue weighted by Crippen LogP contribution is -2.51. The van der Waals surface area contributed by atoms with Crippen molar-refractivity contribution in [2.24, 2.45) is 0 Å². The molecule has 2 aliphatic rings. The van der Waals surface area contributed by atoms with Gasteiger partial charge in [-0.05, 0) is 47.4 Å². The quantitative estimate of drug-likeness (QED) is 0.418. The lowest BCUT2D eigenvalue weighted by Gasteiger charge is -2.37. The second kappa shape index (κ2) is 11.4. The number of ether oxygens (including phenoxy) is 4. The molecule has 0 unspecified atom stereocenters. The van der Waals surface area contributed by atoms with E-state index in [1.54, 1.807) is 19.1 Å². The van der Waals surface area contributed by atoms with Crippen molar-refractivity contribution in [1.82, 2.24) is 10.2 Å². The van der Waals surface area contributed by atoms with Gasteiger partial charge in [0.2, 0.25) is 0 Å². The second-order valence-corrected chi connectivity index (χ2v) is 9.53. The topological polar surface area (TPSA) is 89.5 Å². The van der Waals surface area contributed by atoms with Gasteiger partial charge < -0.3 is 29.4 Å². The first-order valence-electron chi connectivity index (χ1n) is 12.9. The molecule has 2 saturated heterocycles. The molecule has 200 valence electrons. The molecule has 8 heteroatoms. The maximum atomic E-state index is 12.4. The average molecular weight is 519 g/mol. The fourth-order valence-electron chi connectivity index (χ4n) is 5.26. The lowest BCUT2D eigenvalue weighted by atomic mass is 9.80. The predicted molar refractivity (Wildman–Crippen MR) is 142 cm³/mol. The third kappa shape index (κ3) is 5.07. The van der Waals surface area contributed by atoms with Crippen molar-refractivity contribution >= 4 is 6.03 Å². The van der Waals surface area contributed by atoms with Gasteiger partial charge in [-0.1, -0.05) is 54.6 Å². The zero-order chi connectivity index (χ0) is 26.5. The molecule has 0 spiro atoms. The summed E-state index contributed by atoms with van der Waals surface area (Å²) < 4.78 is 23.9. The molecule has 0 radical (unpaired) electrons. The average Bonchev–Trinajstić information content (AvgIpc) is 3.34. The van der Waals surface area contributed by atoms with E-state index < -0.39 is 24.0 Å². The highest BCUT2D eigenvalue weighted by molar-refractivity contribution is 5.75. The van der Waals surface area contributed by atoms with Gasteiger partial charge in [0.15, 0.2) is 0 Å². The summed E-state index contributed by atoms with van der Waals surface area (Å²) in [5.74, 6) is 1.48. The number of hydrogen-bond donors (Lipinski definition) is 2. The number of aliphatic hydroxyl groups is 1. The van der Waals surface area contributed by atoms with Gasteiger partial charge >= 0.3 is 6.03 Å². The van der Waals surface area contributed by atoms with E-state index in [9.17, 15) is 9.90 Å². The van der Waals surface area contributed by atoms with Crippen molar-refractivity contribution in [2.45, 2.75) is 36.9 Å². The molecule has 0 aromatic heterocycles. The van der Waals surface area contributed by atoms with Crippen molar-refractivity contribution in [3.63, 3.8) is 0 Å². The van der Waals surface area contributed by atoms with E-state index >= 15 is 0 Å². The van der Waals surface area contributed by atoms with Crippen molar-refractivity contribution in [2.75, 3.05) is 33.9 Å². The molecular weight excluding hydrogens is 484 g/mol. The van der Waals surface area contributed by atoms with Gasteiger partial charge in [-0.15, -0.1) is 0 Å². The fourth-order valence-corrected chi connectivity index (χ4v) is 5.26. The van der Waals surface area contributed by atoms with E-state index in [1.807, 2.05) is 78.9 Å². The number of urea groups is 1. The minimum Gasteiger partial charge on any atom is -0.497 e. The van der Waals surface area contributed by atoms with Gasteiger partial charge in [0, 0.05) is 19.5 Å². The van der Waals surface area contributed by atoms with Crippen molar-refractivity contribution in [1.29, 1.82) is 0 Å². The molecule has 38 heavy (non-hydrogen) atoms. The van der Waals surface area contributed by atoms with Crippen LogP contribution in [0.2, 0.25) is 0 Å². The molecule has 2 amide bonds. The zero-order valence-electron chi connectivity index (χ0n) is 21.7. The lowest BCUT2D eigenvalue weighted by molar-refractivity contribution is -0.104. The normalized spacial score (nSPS) is 21.7. The van der Waals surface area contributed by atoms with Crippen LogP contribution >= 0.6 is 0 Å². The summed E-state index contributed by atoms with van der Waals surface area (Å²) in [6.07, 6.45) is -0.684. The summed E-state index contributed by atoms with van der Waals surface area (Å²) in [7, 11) is 3.27. The fraction of sp³-hybridized carbons (Fsp3) is 0.367. The second-order valence-electron chi connectivity index (χ2n) is 9.53. The molecule has 3 aromatic rings. The molecule has 5 rings (SSSR count). The van der Waals surface area contributed by atoms with Crippen LogP contribution in [0.5, 0.6) is 11.5 Å². The highest BCUT2D eigenvalue weighted by Crippen LogP contribution is 2.42. The molecular formula is C30H34N2O6. The number of methoxy groups -OCH3 is 2. The van der Waals surface area contributed by atoms with Gasteiger partial charge in [-0.2, -0.15) is 0 Å². The highest BCUT2D eigenvalue weighted by Gasteiger charge is 2.43. The van der Waals surface area contributed by atoms with Gasteiger partial charge in [0.25, 0.3) is 0 Å². The molecule has 8 nitrogen and oxygen atoms in total. The van der Waals surface area contributed by atoms with Crippen LogP contribution in [0.4, 0.5) is 4.79 Å². The van der Waals surface area contributed by atoms with Crippen LogP contribution in [-0.2, 0) is 15.1 Å². The Balaban J connectivity index is 1.51. The van der Waals surface area contributed by atoms with E-state index in [0.717, 1.165) is 34.6 Å². The summed E-state index contributed by atoms with van der Waals surface area (Å²) >= 11 is 0. The van der Waals surface area contributed by atoms with Crippen LogP contribution in [0.15, 0.2) is 78.9 Å². The number of benzene rings is 3. The Morgan fingerprint density at radius 2 is 1.50 bits per heavy atom. The van der Waals surface area contributed by atoms with Crippen LogP contribution in [0.1, 0.15) is 29.5 Å². The number of amides is 2. The van der Waals surface area contributed by atoms with E-state index in [-0.39, 0.29) is 12.6 Å². The summed E-state index contributed by atoms with van der Waals surface area (Å²) in [5.41, 5.74) is 1.71. The molecule has 3 atom stereocenters. The minimum absolute atomic E-state index is 0.111. The number of nitrogens with zero attached hydrogens (tertiary/aromatic N) is 1. The largest absolute Gasteiger partial charge is 0.497 e. The first kappa shape index (κ1) is 26.0. The third-order valence-corrected chi connectivity index (χ3v) is 7.30. The van der Waals surface area contributed by atoms with E-state index in [4.69, 9.17) is 18.9 Å². The molecule has 0 saturated carbocycles. The summed E-state index contributed by atoms with van der Waals surface area (Å²) in [6.45, 7) is 1.36. The zero-order valence-corrected chi connectivity index (χ0v) is 21.7. The van der Waals surface area contributed by atoms with E-state index in [1.165, 1.54) is 0 Å². The van der Waals surface area contributed by atoms with E-state index in [2.05, 4.69) is 5.32 Å². The standard InChI is InChI=1S/C30H34N2O6/c1-35-24-13-9-22(10-14-24)30(21-7-4-3-5-8-21,23-11-15-25(36-2)16-12-23)37-20-27-26(33)19-28(38-27)32-18-6-17-31-29(32)34/h3-5,7-16,26-28,33H,6,17-20H2,1-2H3,(H,31,34)/t26-,27+,28+/m0/s1. The molecule has 2 N–H and O–H groups in total. The number of hydrogen-bond acceptors (Lipinski definition) is 6. The van der Waals surface area contributed by atoms with Gasteiger partial charge in [-0.25, -0.2) is 4.79 Å². The van der Waals surface area contributed by atoms with Crippen molar-refractivity contribution in [3.8, 4) is 11.5 Å². The van der Waals surface area contributed by atoms with Gasteiger partial charge in [0.05, 0.1) is 26.9 Å². The number of carbonyl (C=O) groups excluding carboxylic acids is 1. The number of rotatable bonds is 9. The van der Waals surface area contributed by atoms with Gasteiger partial charge in [-0.3, -0.25) is 4.90 Å². The predicted octanol–water partition coefficient (Wildman–Crippen LogP) is 3.90. The van der Waals surface area contributed by atoms with Crippen LogP contribution in [0.3, 0.4) is 0 Å². The number of carbonyl (C=O) groups is 1. The van der Waals surface area contributed by atoms with Crippen LogP contribution in [0, 0.1) is 0 Å². The summed E-state index contributed by atoms with van der Waals surface area (Å²) in [4.78, 5) is 14.0. The number of aliphatic hydroxyl groups excluding tert-OH is 1. The van der Waals surface area contributed by atoms with Gasteiger partial charge in [0.1, 0.15) is 29.4 Å². The SMILES string of the molecule is COc1ccc(C(OC[C@H]2O[C@@H](N3CCCNC3=O)C[C@@H]2O)(c2ccccc2)c2ccc(OC)cc2)cc1. The monoisotopic (exact) mass is 518 g/mol. The maximum Gasteiger partial charge on any atom is 0.319 e. The Hall–Kier alpha value is -3.59. The van der Waals surface area contributed by atoms with Crippen LogP contribution in [0.25, 0.3) is 0 Å². The number of nitrogens with one attached hydrogen (secondary N) is 1. The first-order chi connectivity index (χ1) is 18.5. The Kier molecular flexibility index (Phi) is 7.83. The summed E-state index contributed by atoms with van der Waals surface area (Å²) in [6, 6.07) is 25.4. The summed E-state index contributed by atoms with van der Waals surface area (Å²) in [5, 5.41) is 13.8. The molecule has 0 bridgehead atoms. The van der Waals surface area contributed by atoms with Crippen LogP contribution < -0.4 is 14.8 Å². The highest BCUT2D eigenvalue weighted by atomic mass is 16.6. The molecule has 2 fully saturated rings. The first-order valence-corrected chi connectivity index (χ1v) is 12.9. The molecule has 2 heterocycles. The van der Waals surface area contributed by atoms with Crippen LogP contribution in [-0.4, -0.2) is 68.4 Å². The molecule has 0 aliphatic carbocycles. The minimum atomic E-state index is -1.01. The Morgan fingerprint density at radius 1 is 0.921 bits per heavy atom. The Labute approximate surface area is 223 Å². The molecule has 3 aromatic carbocycles. The third-order valence-electron chi connectivity index (χ3n) is 7.30. The van der Waals surface area contributed by atoms with Crippen molar-refractivity contribution < 1.29 is 28.8 Å². The maximum absolute atomic E-state index is 12.4.